The Morgan fingerprint density at radius 3 is 2.02 bits per heavy atom. The van der Waals surface area contributed by atoms with Crippen LogP contribution < -0.4 is 36.2 Å². The van der Waals surface area contributed by atoms with Crippen molar-refractivity contribution >= 4 is 76.0 Å². The summed E-state index contributed by atoms with van der Waals surface area (Å²) in [5.74, 6) is -6.87. The number of amides is 4. The fourth-order valence-corrected chi connectivity index (χ4v) is 7.31. The number of aliphatic carboxylic acids is 3. The number of allylic oxidation sites excluding steroid dienone is 3. The summed E-state index contributed by atoms with van der Waals surface area (Å²) in [6.07, 6.45) is 5.86. The molecule has 0 fully saturated rings. The molecule has 63 heavy (non-hydrogen) atoms. The van der Waals surface area contributed by atoms with Gasteiger partial charge in [0, 0.05) is 98.9 Å². The van der Waals surface area contributed by atoms with Gasteiger partial charge in [0.05, 0.1) is 29.9 Å². The number of anilines is 2. The number of fused-ring (bicyclic) bond motifs is 2. The van der Waals surface area contributed by atoms with Crippen molar-refractivity contribution in [1.82, 2.24) is 25.9 Å². The molecule has 0 bridgehead atoms. The van der Waals surface area contributed by atoms with E-state index in [1.54, 1.807) is 6.08 Å². The number of nitrogens with two attached hydrogens (primary N) is 1. The number of carboxylic acids is 3. The smallest absolute Gasteiger partial charge is 0.336 e. The Balaban J connectivity index is 1.33. The molecule has 0 saturated carbocycles. The number of H-pyrrole nitrogens is 1. The van der Waals surface area contributed by atoms with Crippen LogP contribution >= 0.6 is 11.8 Å². The first-order valence-corrected chi connectivity index (χ1v) is 20.5. The Kier molecular flexibility index (Phi) is 15.6. The third-order valence-electron chi connectivity index (χ3n) is 9.70. The molecule has 2 aromatic carbocycles. The summed E-state index contributed by atoms with van der Waals surface area (Å²) >= 11 is 0.884. The first-order chi connectivity index (χ1) is 29.9. The van der Waals surface area contributed by atoms with E-state index < -0.39 is 79.0 Å². The average Bonchev–Trinajstić information content (AvgIpc) is 3.76. The minimum Gasteiger partial charge on any atom is -0.481 e. The van der Waals surface area contributed by atoms with E-state index in [-0.39, 0.29) is 29.2 Å². The third-order valence-corrected chi connectivity index (χ3v) is 10.7. The van der Waals surface area contributed by atoms with E-state index in [1.807, 2.05) is 74.4 Å². The number of hydrogen-bond donors (Lipinski definition) is 8. The van der Waals surface area contributed by atoms with Gasteiger partial charge >= 0.3 is 17.9 Å². The Morgan fingerprint density at radius 2 is 1.48 bits per heavy atom. The maximum Gasteiger partial charge on any atom is 0.336 e. The molecule has 1 aliphatic carbocycles. The average molecular weight is 886 g/mol. The molecule has 0 spiro atoms. The molecule has 1 aliphatic heterocycles. The van der Waals surface area contributed by atoms with Crippen molar-refractivity contribution in [3.05, 3.63) is 95.1 Å². The minimum atomic E-state index is -1.53. The molecule has 2 heterocycles. The van der Waals surface area contributed by atoms with Crippen LogP contribution in [0.2, 0.25) is 0 Å². The zero-order valence-corrected chi connectivity index (χ0v) is 35.5. The lowest BCUT2D eigenvalue weighted by molar-refractivity contribution is -0.143. The van der Waals surface area contributed by atoms with Crippen molar-refractivity contribution in [2.24, 2.45) is 10.7 Å². The molecule has 0 unspecified atom stereocenters. The number of imidazole rings is 1. The number of carbonyl (C=O) groups excluding carboxylic acids is 4. The summed E-state index contributed by atoms with van der Waals surface area (Å²) in [4.78, 5) is 103. The number of aromatic nitrogens is 2. The SMILES string of the molecule is CN(C)c1ccc2c(c1)Oc1cc(N(C)C)ccc1C2=C1C=CC(=NC(=O)CSC[C@H](NC(=O)CN)C(=O)N[C@@H](CCC(=O)O)C(=O)N[C@@H](Cc2cnc[nH]2)C(=O)O)C=C1C(=O)O. The highest BCUT2D eigenvalue weighted by molar-refractivity contribution is 8.00. The van der Waals surface area contributed by atoms with Crippen molar-refractivity contribution in [3.8, 4) is 11.5 Å². The molecule has 3 aromatic rings. The van der Waals surface area contributed by atoms with Gasteiger partial charge in [-0.15, -0.1) is 11.8 Å². The number of aromatic amines is 1. The van der Waals surface area contributed by atoms with E-state index in [9.17, 15) is 48.9 Å². The standard InChI is InChI=1S/C42H47N9O11S/c1-50(2)24-6-9-27-33(15-24)62-34-16-25(51(3)4)7-10-28(34)38(27)26-8-5-22(13-29(26)41(58)59)46-36(53)20-63-19-32(47-35(52)17-43)40(57)48-30(11-12-37(54)55)39(56)49-31(42(60)61)14-23-18-44-21-45-23/h5-10,13,15-16,18,21,30-32H,11-12,14,17,19-20,43H2,1-4H3,(H,44,45)(H,47,52)(H,48,57)(H,49,56)(H,54,55)(H,58,59)(H,60,61)/t30-,31-,32-/m0/s1. The molecule has 0 saturated heterocycles. The summed E-state index contributed by atoms with van der Waals surface area (Å²) in [5.41, 5.74) is 9.80. The molecule has 20 nitrogen and oxygen atoms in total. The van der Waals surface area contributed by atoms with Gasteiger partial charge in [0.25, 0.3) is 5.91 Å². The molecule has 3 atom stereocenters. The van der Waals surface area contributed by atoms with Gasteiger partial charge < -0.3 is 56.5 Å². The zero-order valence-electron chi connectivity index (χ0n) is 34.7. The predicted octanol–water partition coefficient (Wildman–Crippen LogP) is 1.34. The van der Waals surface area contributed by atoms with Crippen molar-refractivity contribution in [3.63, 3.8) is 0 Å². The lowest BCUT2D eigenvalue weighted by Gasteiger charge is -2.28. The van der Waals surface area contributed by atoms with Gasteiger partial charge in [-0.2, -0.15) is 0 Å². The van der Waals surface area contributed by atoms with E-state index in [0.717, 1.165) is 23.1 Å². The monoisotopic (exact) mass is 885 g/mol. The van der Waals surface area contributed by atoms with Crippen LogP contribution in [0.5, 0.6) is 11.5 Å². The number of nitrogens with one attached hydrogen (secondary N) is 4. The van der Waals surface area contributed by atoms with Gasteiger partial charge in [0.1, 0.15) is 29.6 Å². The van der Waals surface area contributed by atoms with Crippen molar-refractivity contribution in [1.29, 1.82) is 0 Å². The van der Waals surface area contributed by atoms with Crippen LogP contribution in [0, 0.1) is 0 Å². The highest BCUT2D eigenvalue weighted by Crippen LogP contribution is 2.48. The van der Waals surface area contributed by atoms with Gasteiger partial charge in [-0.25, -0.2) is 19.6 Å². The van der Waals surface area contributed by atoms with Crippen LogP contribution in [-0.2, 0) is 40.0 Å². The zero-order chi connectivity index (χ0) is 46.0. The second-order valence-electron chi connectivity index (χ2n) is 14.7. The second-order valence-corrected chi connectivity index (χ2v) is 15.7. The summed E-state index contributed by atoms with van der Waals surface area (Å²) in [5, 5.41) is 36.5. The Hall–Kier alpha value is -7.26. The van der Waals surface area contributed by atoms with E-state index in [1.165, 1.54) is 24.7 Å². The highest BCUT2D eigenvalue weighted by atomic mass is 32.2. The number of benzene rings is 2. The topological polar surface area (TPSA) is 299 Å². The second kappa shape index (κ2) is 21.0. The molecular weight excluding hydrogens is 839 g/mol. The van der Waals surface area contributed by atoms with E-state index >= 15 is 0 Å². The van der Waals surface area contributed by atoms with Crippen LogP contribution in [-0.4, -0.2) is 137 Å². The summed E-state index contributed by atoms with van der Waals surface area (Å²) in [6, 6.07) is 6.87. The normalized spacial score (nSPS) is 14.8. The van der Waals surface area contributed by atoms with Crippen molar-refractivity contribution in [2.45, 2.75) is 37.4 Å². The van der Waals surface area contributed by atoms with Crippen LogP contribution in [0.15, 0.2) is 83.3 Å². The number of carboxylic acid groups (broad SMARTS) is 3. The number of thioether (sulfide) groups is 1. The quantitative estimate of drug-likeness (QED) is 0.0659. The Morgan fingerprint density at radius 1 is 0.857 bits per heavy atom. The maximum atomic E-state index is 13.5. The summed E-state index contributed by atoms with van der Waals surface area (Å²) in [6.45, 7) is -0.515. The fourth-order valence-electron chi connectivity index (χ4n) is 6.48. The summed E-state index contributed by atoms with van der Waals surface area (Å²) < 4.78 is 6.37. The first-order valence-electron chi connectivity index (χ1n) is 19.4. The van der Waals surface area contributed by atoms with Crippen molar-refractivity contribution < 1.29 is 53.6 Å². The largest absolute Gasteiger partial charge is 0.481 e. The fraction of sp³-hybridized carbons (Fsp3) is 0.310. The van der Waals surface area contributed by atoms with Gasteiger partial charge in [-0.1, -0.05) is 6.08 Å². The number of carbonyl (C=O) groups is 7. The number of nitrogens with zero attached hydrogens (tertiary/aromatic N) is 4. The maximum absolute atomic E-state index is 13.5. The first kappa shape index (κ1) is 46.8. The number of rotatable bonds is 19. The summed E-state index contributed by atoms with van der Waals surface area (Å²) in [7, 11) is 7.57. The van der Waals surface area contributed by atoms with Crippen LogP contribution in [0.4, 0.5) is 11.4 Å². The van der Waals surface area contributed by atoms with Crippen molar-refractivity contribution in [2.75, 3.05) is 56.0 Å². The third kappa shape index (κ3) is 12.2. The van der Waals surface area contributed by atoms with Crippen LogP contribution in [0.3, 0.4) is 0 Å². The number of aliphatic imine (C=N–C) groups is 1. The molecule has 332 valence electrons. The molecule has 1 aromatic heterocycles. The Labute approximate surface area is 365 Å². The van der Waals surface area contributed by atoms with E-state index in [2.05, 4.69) is 30.9 Å². The van der Waals surface area contributed by atoms with Gasteiger partial charge in [-0.3, -0.25) is 24.0 Å². The highest BCUT2D eigenvalue weighted by Gasteiger charge is 2.32. The van der Waals surface area contributed by atoms with Crippen LogP contribution in [0.25, 0.3) is 5.57 Å². The molecule has 4 amide bonds. The van der Waals surface area contributed by atoms with E-state index in [4.69, 9.17) is 10.5 Å². The van der Waals surface area contributed by atoms with Crippen LogP contribution in [0.1, 0.15) is 29.7 Å². The molecule has 0 radical (unpaired) electrons. The minimum absolute atomic E-state index is 0.0472. The van der Waals surface area contributed by atoms with Gasteiger partial charge in [0.2, 0.25) is 17.7 Å². The molecule has 21 heteroatoms. The molecule has 2 aliphatic rings. The molecule has 5 rings (SSSR count). The number of ether oxygens (including phenoxy) is 1. The van der Waals surface area contributed by atoms with Gasteiger partial charge in [-0.05, 0) is 48.4 Å². The van der Waals surface area contributed by atoms with Gasteiger partial charge in [0.15, 0.2) is 0 Å². The van der Waals surface area contributed by atoms with E-state index in [0.29, 0.717) is 39.5 Å². The lowest BCUT2D eigenvalue weighted by atomic mass is 9.84. The predicted molar refractivity (Wildman–Crippen MR) is 234 cm³/mol. The Bertz CT molecular complexity index is 2350. The lowest BCUT2D eigenvalue weighted by Crippen LogP contribution is -2.57. The molecule has 9 N–H and O–H groups in total. The molecular formula is C42H47N9O11S. The number of hydrogen-bond acceptors (Lipinski definition) is 13.